The molecule has 0 aliphatic rings. The zero-order valence-corrected chi connectivity index (χ0v) is 16.3. The fourth-order valence-electron chi connectivity index (χ4n) is 2.11. The number of rotatable bonds is 15. The highest BCUT2D eigenvalue weighted by Gasteiger charge is 2.27. The molecule has 6 heteroatoms. The Balaban J connectivity index is 2.34. The van der Waals surface area contributed by atoms with Crippen LogP contribution in [0.25, 0.3) is 0 Å². The number of unbranched alkanes of at least 4 members (excludes halogenated alkanes) is 2. The summed E-state index contributed by atoms with van der Waals surface area (Å²) in [6.07, 6.45) is 5.36. The number of benzene rings is 1. The van der Waals surface area contributed by atoms with Crippen LogP contribution < -0.4 is 0 Å². The number of carbonyl (C=O) groups is 1. The summed E-state index contributed by atoms with van der Waals surface area (Å²) < 4.78 is 28.4. The van der Waals surface area contributed by atoms with Crippen LogP contribution >= 0.6 is 7.82 Å². The number of hydrogen-bond donors (Lipinski definition) is 0. The van der Waals surface area contributed by atoms with Gasteiger partial charge in [0.1, 0.15) is 6.61 Å². The second-order valence-electron chi connectivity index (χ2n) is 5.97. The van der Waals surface area contributed by atoms with Crippen molar-refractivity contribution in [1.29, 1.82) is 0 Å². The zero-order valence-electron chi connectivity index (χ0n) is 15.4. The lowest BCUT2D eigenvalue weighted by Gasteiger charge is -2.17. The Kier molecular flexibility index (Phi) is 11.7. The van der Waals surface area contributed by atoms with Crippen molar-refractivity contribution < 1.29 is 22.9 Å². The monoisotopic (exact) mass is 370 g/mol. The van der Waals surface area contributed by atoms with E-state index >= 15 is 0 Å². The molecule has 142 valence electrons. The van der Waals surface area contributed by atoms with Gasteiger partial charge in [0.25, 0.3) is 0 Å². The molecule has 0 atom stereocenters. The minimum Gasteiger partial charge on any atom is -0.297 e. The van der Waals surface area contributed by atoms with Crippen molar-refractivity contribution >= 4 is 13.6 Å². The van der Waals surface area contributed by atoms with Gasteiger partial charge in [-0.05, 0) is 31.2 Å². The van der Waals surface area contributed by atoms with Gasteiger partial charge in [-0.3, -0.25) is 18.4 Å². The maximum Gasteiger partial charge on any atom is 0.475 e. The van der Waals surface area contributed by atoms with E-state index in [1.54, 1.807) is 0 Å². The highest BCUT2D eigenvalue weighted by atomic mass is 31.2. The van der Waals surface area contributed by atoms with Gasteiger partial charge in [0.2, 0.25) is 0 Å². The third-order valence-corrected chi connectivity index (χ3v) is 5.09. The maximum absolute atomic E-state index is 12.5. The Labute approximate surface area is 151 Å². The summed E-state index contributed by atoms with van der Waals surface area (Å²) in [5.41, 5.74) is 1.20. The van der Waals surface area contributed by atoms with Crippen molar-refractivity contribution in [3.63, 3.8) is 0 Å². The standard InChI is InChI=1S/C19H31O5P/c1-3-5-15-22-25(21,23-16-6-4-2)24-17-19(20)14-10-13-18-11-8-7-9-12-18/h7-9,11-12H,3-6,10,13-17H2,1-2H3. The van der Waals surface area contributed by atoms with E-state index in [0.29, 0.717) is 19.6 Å². The summed E-state index contributed by atoms with van der Waals surface area (Å²) in [5, 5.41) is 0. The van der Waals surface area contributed by atoms with Gasteiger partial charge in [-0.25, -0.2) is 4.57 Å². The molecule has 0 bridgehead atoms. The number of carbonyl (C=O) groups excluding carboxylic acids is 1. The normalized spacial score (nSPS) is 11.6. The molecule has 0 aromatic heterocycles. The Bertz CT molecular complexity index is 504. The van der Waals surface area contributed by atoms with Crippen molar-refractivity contribution in [1.82, 2.24) is 0 Å². The second kappa shape index (κ2) is 13.2. The van der Waals surface area contributed by atoms with Crippen molar-refractivity contribution in [2.45, 2.75) is 58.8 Å². The predicted molar refractivity (Wildman–Crippen MR) is 99.7 cm³/mol. The van der Waals surface area contributed by atoms with Crippen LogP contribution in [0, 0.1) is 0 Å². The van der Waals surface area contributed by atoms with Crippen molar-refractivity contribution in [2.24, 2.45) is 0 Å². The van der Waals surface area contributed by atoms with E-state index in [9.17, 15) is 9.36 Å². The highest BCUT2D eigenvalue weighted by Crippen LogP contribution is 2.49. The van der Waals surface area contributed by atoms with Gasteiger partial charge in [-0.2, -0.15) is 0 Å². The van der Waals surface area contributed by atoms with Gasteiger partial charge in [0.15, 0.2) is 5.78 Å². The summed E-state index contributed by atoms with van der Waals surface area (Å²) in [7, 11) is -3.64. The van der Waals surface area contributed by atoms with E-state index in [2.05, 4.69) is 0 Å². The first-order valence-electron chi connectivity index (χ1n) is 9.19. The summed E-state index contributed by atoms with van der Waals surface area (Å²) in [4.78, 5) is 12.0. The molecule has 1 aromatic carbocycles. The van der Waals surface area contributed by atoms with Gasteiger partial charge in [0, 0.05) is 6.42 Å². The fourth-order valence-corrected chi connectivity index (χ4v) is 3.34. The van der Waals surface area contributed by atoms with E-state index in [1.165, 1.54) is 5.56 Å². The van der Waals surface area contributed by atoms with E-state index < -0.39 is 7.82 Å². The van der Waals surface area contributed by atoms with Gasteiger partial charge >= 0.3 is 7.82 Å². The molecular weight excluding hydrogens is 339 g/mol. The Morgan fingerprint density at radius 2 is 1.52 bits per heavy atom. The van der Waals surface area contributed by atoms with Crippen molar-refractivity contribution in [3.8, 4) is 0 Å². The zero-order chi connectivity index (χ0) is 18.4. The van der Waals surface area contributed by atoms with E-state index in [1.807, 2.05) is 44.2 Å². The van der Waals surface area contributed by atoms with Crippen LogP contribution in [0.2, 0.25) is 0 Å². The molecule has 0 radical (unpaired) electrons. The number of hydrogen-bond acceptors (Lipinski definition) is 5. The fraction of sp³-hybridized carbons (Fsp3) is 0.632. The quantitative estimate of drug-likeness (QED) is 0.308. The molecule has 25 heavy (non-hydrogen) atoms. The Morgan fingerprint density at radius 3 is 2.08 bits per heavy atom. The topological polar surface area (TPSA) is 61.8 Å². The second-order valence-corrected chi connectivity index (χ2v) is 7.64. The van der Waals surface area contributed by atoms with Crippen LogP contribution in [0.4, 0.5) is 0 Å². The Hall–Kier alpha value is -1.00. The third-order valence-electron chi connectivity index (χ3n) is 3.64. The first-order valence-corrected chi connectivity index (χ1v) is 10.6. The van der Waals surface area contributed by atoms with E-state index in [-0.39, 0.29) is 12.4 Å². The van der Waals surface area contributed by atoms with Crippen LogP contribution in [0.15, 0.2) is 30.3 Å². The van der Waals surface area contributed by atoms with Crippen LogP contribution in [-0.4, -0.2) is 25.6 Å². The lowest BCUT2D eigenvalue weighted by molar-refractivity contribution is -0.121. The molecule has 0 unspecified atom stereocenters. The molecule has 5 nitrogen and oxygen atoms in total. The van der Waals surface area contributed by atoms with Crippen LogP contribution in [-0.2, 0) is 29.4 Å². The minimum absolute atomic E-state index is 0.0886. The summed E-state index contributed by atoms with van der Waals surface area (Å²) in [5.74, 6) is -0.0886. The lowest BCUT2D eigenvalue weighted by atomic mass is 10.1. The molecule has 0 spiro atoms. The molecule has 0 saturated carbocycles. The van der Waals surface area contributed by atoms with Gasteiger partial charge < -0.3 is 0 Å². The van der Waals surface area contributed by atoms with Crippen molar-refractivity contribution in [3.05, 3.63) is 35.9 Å². The highest BCUT2D eigenvalue weighted by molar-refractivity contribution is 7.48. The molecule has 1 aromatic rings. The smallest absolute Gasteiger partial charge is 0.297 e. The van der Waals surface area contributed by atoms with Gasteiger partial charge in [0.05, 0.1) is 13.2 Å². The van der Waals surface area contributed by atoms with E-state index in [0.717, 1.165) is 38.5 Å². The number of aryl methyl sites for hydroxylation is 1. The average molecular weight is 370 g/mol. The average Bonchev–Trinajstić information content (AvgIpc) is 2.62. The predicted octanol–water partition coefficient (Wildman–Crippen LogP) is 5.34. The lowest BCUT2D eigenvalue weighted by Crippen LogP contribution is -2.11. The number of phosphoric ester groups is 1. The van der Waals surface area contributed by atoms with E-state index in [4.69, 9.17) is 13.6 Å². The van der Waals surface area contributed by atoms with Crippen molar-refractivity contribution in [2.75, 3.05) is 19.8 Å². The molecule has 1 rings (SSSR count). The van der Waals surface area contributed by atoms with Crippen LogP contribution in [0.1, 0.15) is 57.9 Å². The molecule has 0 fully saturated rings. The molecule has 0 amide bonds. The van der Waals surface area contributed by atoms with Gasteiger partial charge in [-0.1, -0.05) is 57.0 Å². The minimum atomic E-state index is -3.64. The maximum atomic E-state index is 12.5. The first-order chi connectivity index (χ1) is 12.1. The van der Waals surface area contributed by atoms with Gasteiger partial charge in [-0.15, -0.1) is 0 Å². The molecule has 0 saturated heterocycles. The third kappa shape index (κ3) is 10.6. The molecular formula is C19H31O5P. The molecule has 0 aliphatic carbocycles. The molecule has 0 aliphatic heterocycles. The number of ketones is 1. The summed E-state index contributed by atoms with van der Waals surface area (Å²) in [6, 6.07) is 10.0. The Morgan fingerprint density at radius 1 is 0.920 bits per heavy atom. The first kappa shape index (κ1) is 22.0. The SMILES string of the molecule is CCCCOP(=O)(OCCCC)OCC(=O)CCCc1ccccc1. The molecule has 0 N–H and O–H groups in total. The largest absolute Gasteiger partial charge is 0.475 e. The van der Waals surface area contributed by atoms with Crippen LogP contribution in [0.3, 0.4) is 0 Å². The summed E-state index contributed by atoms with van der Waals surface area (Å²) >= 11 is 0. The molecule has 0 heterocycles. The number of phosphoric acid groups is 1. The van der Waals surface area contributed by atoms with Crippen LogP contribution in [0.5, 0.6) is 0 Å². The number of Topliss-reactive ketones (excluding diaryl/α,β-unsaturated/α-hetero) is 1. The summed E-state index contributed by atoms with van der Waals surface area (Å²) in [6.45, 7) is 4.42.